The van der Waals surface area contributed by atoms with E-state index < -0.39 is 35.3 Å². The van der Waals surface area contributed by atoms with E-state index in [0.717, 1.165) is 7.11 Å². The van der Waals surface area contributed by atoms with E-state index in [4.69, 9.17) is 0 Å². The zero-order valence-corrected chi connectivity index (χ0v) is 8.39. The van der Waals surface area contributed by atoms with Crippen molar-refractivity contribution in [1.82, 2.24) is 4.98 Å². The fourth-order valence-corrected chi connectivity index (χ4v) is 1.22. The van der Waals surface area contributed by atoms with Crippen LogP contribution < -0.4 is 4.74 Å². The molecular formula is C9H6F5NO2. The number of carbonyl (C=O) groups is 1. The van der Waals surface area contributed by atoms with Gasteiger partial charge in [0, 0.05) is 11.6 Å². The molecule has 1 rings (SSSR count). The van der Waals surface area contributed by atoms with Crippen LogP contribution in [-0.4, -0.2) is 18.4 Å². The molecule has 0 aliphatic heterocycles. The SMILES string of the molecule is COc1cc(C=O)c(C(F)(F)F)c(C(F)F)n1. The highest BCUT2D eigenvalue weighted by molar-refractivity contribution is 5.78. The van der Waals surface area contributed by atoms with Crippen molar-refractivity contribution < 1.29 is 31.5 Å². The molecule has 1 aromatic rings. The monoisotopic (exact) mass is 255 g/mol. The van der Waals surface area contributed by atoms with Gasteiger partial charge in [-0.25, -0.2) is 13.8 Å². The first-order valence-electron chi connectivity index (χ1n) is 4.20. The fraction of sp³-hybridized carbons (Fsp3) is 0.333. The molecule has 0 saturated heterocycles. The molecule has 0 spiro atoms. The summed E-state index contributed by atoms with van der Waals surface area (Å²) < 4.78 is 66.9. The molecule has 3 nitrogen and oxygen atoms in total. The van der Waals surface area contributed by atoms with Gasteiger partial charge in [-0.1, -0.05) is 0 Å². The summed E-state index contributed by atoms with van der Waals surface area (Å²) in [5.74, 6) is -0.476. The Hall–Kier alpha value is -1.73. The molecule has 0 saturated carbocycles. The summed E-state index contributed by atoms with van der Waals surface area (Å²) in [5, 5.41) is 0. The molecule has 0 radical (unpaired) electrons. The van der Waals surface area contributed by atoms with Gasteiger partial charge in [0.1, 0.15) is 5.69 Å². The van der Waals surface area contributed by atoms with E-state index >= 15 is 0 Å². The third kappa shape index (κ3) is 2.69. The number of nitrogens with zero attached hydrogens (tertiary/aromatic N) is 1. The minimum atomic E-state index is -5.08. The van der Waals surface area contributed by atoms with Crippen molar-refractivity contribution in [3.8, 4) is 5.88 Å². The fourth-order valence-electron chi connectivity index (χ4n) is 1.22. The Kier molecular flexibility index (Phi) is 3.64. The molecule has 0 aliphatic carbocycles. The molecule has 0 bridgehead atoms. The maximum absolute atomic E-state index is 12.5. The predicted molar refractivity (Wildman–Crippen MR) is 46.1 cm³/mol. The first kappa shape index (κ1) is 13.3. The van der Waals surface area contributed by atoms with E-state index in [0.29, 0.717) is 6.07 Å². The summed E-state index contributed by atoms with van der Waals surface area (Å²) in [7, 11) is 1.04. The van der Waals surface area contributed by atoms with Crippen LogP contribution in [-0.2, 0) is 6.18 Å². The molecular weight excluding hydrogens is 249 g/mol. The van der Waals surface area contributed by atoms with Crippen molar-refractivity contribution >= 4 is 6.29 Å². The van der Waals surface area contributed by atoms with Gasteiger partial charge in [-0.2, -0.15) is 13.2 Å². The lowest BCUT2D eigenvalue weighted by molar-refractivity contribution is -0.140. The normalized spacial score (nSPS) is 11.7. The zero-order chi connectivity index (χ0) is 13.2. The van der Waals surface area contributed by atoms with Crippen LogP contribution in [0.25, 0.3) is 0 Å². The largest absolute Gasteiger partial charge is 0.481 e. The first-order chi connectivity index (χ1) is 7.81. The maximum Gasteiger partial charge on any atom is 0.419 e. The molecule has 1 heterocycles. The molecule has 94 valence electrons. The van der Waals surface area contributed by atoms with Crippen LogP contribution in [0.5, 0.6) is 5.88 Å². The highest BCUT2D eigenvalue weighted by Crippen LogP contribution is 2.38. The van der Waals surface area contributed by atoms with Crippen molar-refractivity contribution in [3.05, 3.63) is 22.9 Å². The lowest BCUT2D eigenvalue weighted by atomic mass is 10.1. The van der Waals surface area contributed by atoms with Crippen molar-refractivity contribution in [2.24, 2.45) is 0 Å². The van der Waals surface area contributed by atoms with Crippen LogP contribution in [0.4, 0.5) is 22.0 Å². The lowest BCUT2D eigenvalue weighted by Gasteiger charge is -2.14. The number of aldehydes is 1. The summed E-state index contributed by atoms with van der Waals surface area (Å²) in [4.78, 5) is 13.5. The number of methoxy groups -OCH3 is 1. The molecule has 17 heavy (non-hydrogen) atoms. The van der Waals surface area contributed by atoms with E-state index in [-0.39, 0.29) is 6.29 Å². The third-order valence-electron chi connectivity index (χ3n) is 1.88. The maximum atomic E-state index is 12.5. The van der Waals surface area contributed by atoms with Gasteiger partial charge in [-0.15, -0.1) is 0 Å². The number of aromatic nitrogens is 1. The number of carbonyl (C=O) groups excluding carboxylic acids is 1. The van der Waals surface area contributed by atoms with Gasteiger partial charge in [0.2, 0.25) is 5.88 Å². The van der Waals surface area contributed by atoms with Crippen molar-refractivity contribution in [2.75, 3.05) is 7.11 Å². The molecule has 0 unspecified atom stereocenters. The van der Waals surface area contributed by atoms with E-state index in [9.17, 15) is 26.7 Å². The summed E-state index contributed by atoms with van der Waals surface area (Å²) in [5.41, 5.74) is -4.18. The number of hydrogen-bond acceptors (Lipinski definition) is 3. The second kappa shape index (κ2) is 4.64. The van der Waals surface area contributed by atoms with Gasteiger partial charge < -0.3 is 4.74 Å². The van der Waals surface area contributed by atoms with Gasteiger partial charge in [0.25, 0.3) is 6.43 Å². The van der Waals surface area contributed by atoms with E-state index in [1.54, 1.807) is 0 Å². The van der Waals surface area contributed by atoms with Crippen molar-refractivity contribution in [3.63, 3.8) is 0 Å². The van der Waals surface area contributed by atoms with E-state index in [1.807, 2.05) is 0 Å². The second-order valence-electron chi connectivity index (χ2n) is 2.93. The zero-order valence-electron chi connectivity index (χ0n) is 8.39. The van der Waals surface area contributed by atoms with Gasteiger partial charge in [-0.05, 0) is 0 Å². The summed E-state index contributed by atoms with van der Waals surface area (Å²) in [6.45, 7) is 0. The number of halogens is 5. The molecule has 0 aliphatic rings. The van der Waals surface area contributed by atoms with Crippen LogP contribution in [0.3, 0.4) is 0 Å². The number of alkyl halides is 5. The van der Waals surface area contributed by atoms with Gasteiger partial charge in [0.05, 0.1) is 12.7 Å². The number of rotatable bonds is 3. The van der Waals surface area contributed by atoms with Crippen LogP contribution in [0.15, 0.2) is 6.07 Å². The lowest BCUT2D eigenvalue weighted by Crippen LogP contribution is -2.15. The number of hydrogen-bond donors (Lipinski definition) is 0. The van der Waals surface area contributed by atoms with E-state index in [1.165, 1.54) is 0 Å². The Bertz CT molecular complexity index is 430. The van der Waals surface area contributed by atoms with Gasteiger partial charge in [0.15, 0.2) is 6.29 Å². The molecule has 0 aromatic carbocycles. The molecule has 1 aromatic heterocycles. The first-order valence-corrected chi connectivity index (χ1v) is 4.20. The highest BCUT2D eigenvalue weighted by atomic mass is 19.4. The number of ether oxygens (including phenoxy) is 1. The Morgan fingerprint density at radius 2 is 2.00 bits per heavy atom. The Labute approximate surface area is 92.2 Å². The molecule has 0 fully saturated rings. The molecule has 0 N–H and O–H groups in total. The standard InChI is InChI=1S/C9H6F5NO2/c1-17-5-2-4(3-16)6(9(12,13)14)7(15-5)8(10)11/h2-3,8H,1H3. The highest BCUT2D eigenvalue weighted by Gasteiger charge is 2.40. The number of pyridine rings is 1. The molecule has 8 heteroatoms. The van der Waals surface area contributed by atoms with Gasteiger partial charge in [-0.3, -0.25) is 4.79 Å². The van der Waals surface area contributed by atoms with Crippen LogP contribution in [0, 0.1) is 0 Å². The predicted octanol–water partition coefficient (Wildman–Crippen LogP) is 2.86. The molecule has 0 atom stereocenters. The average Bonchev–Trinajstić information content (AvgIpc) is 2.25. The third-order valence-corrected chi connectivity index (χ3v) is 1.88. The topological polar surface area (TPSA) is 39.2 Å². The van der Waals surface area contributed by atoms with Gasteiger partial charge >= 0.3 is 6.18 Å². The summed E-state index contributed by atoms with van der Waals surface area (Å²) >= 11 is 0. The quantitative estimate of drug-likeness (QED) is 0.615. The van der Waals surface area contributed by atoms with Crippen LogP contribution in [0.2, 0.25) is 0 Å². The molecule has 0 amide bonds. The minimum Gasteiger partial charge on any atom is -0.481 e. The van der Waals surface area contributed by atoms with E-state index in [2.05, 4.69) is 9.72 Å². The Balaban J connectivity index is 3.58. The second-order valence-corrected chi connectivity index (χ2v) is 2.93. The van der Waals surface area contributed by atoms with Crippen molar-refractivity contribution in [1.29, 1.82) is 0 Å². The van der Waals surface area contributed by atoms with Crippen LogP contribution in [0.1, 0.15) is 28.0 Å². The van der Waals surface area contributed by atoms with Crippen molar-refractivity contribution in [2.45, 2.75) is 12.6 Å². The van der Waals surface area contributed by atoms with Crippen LogP contribution >= 0.6 is 0 Å². The summed E-state index contributed by atoms with van der Waals surface area (Å²) in [6, 6.07) is 0.654. The average molecular weight is 255 g/mol. The minimum absolute atomic E-state index is 0.168. The Morgan fingerprint density at radius 3 is 2.35 bits per heavy atom. The Morgan fingerprint density at radius 1 is 1.41 bits per heavy atom. The smallest absolute Gasteiger partial charge is 0.419 e. The summed E-state index contributed by atoms with van der Waals surface area (Å²) in [6.07, 6.45) is -8.71.